The van der Waals surface area contributed by atoms with Crippen molar-refractivity contribution >= 4 is 6.09 Å². The quantitative estimate of drug-likeness (QED) is 0.847. The summed E-state index contributed by atoms with van der Waals surface area (Å²) in [5.74, 6) is -0.422. The van der Waals surface area contributed by atoms with Gasteiger partial charge in [0.15, 0.2) is 6.10 Å². The fourth-order valence-electron chi connectivity index (χ4n) is 2.34. The molecule has 0 bridgehead atoms. The van der Waals surface area contributed by atoms with Gasteiger partial charge in [-0.1, -0.05) is 12.1 Å². The van der Waals surface area contributed by atoms with E-state index in [1.807, 2.05) is 6.07 Å². The largest absolute Gasteiger partial charge is 0.439 e. The minimum absolute atomic E-state index is 0.0487. The molecule has 104 valence electrons. The van der Waals surface area contributed by atoms with Crippen molar-refractivity contribution in [2.45, 2.75) is 25.0 Å². The van der Waals surface area contributed by atoms with Crippen molar-refractivity contribution in [3.05, 3.63) is 35.1 Å². The Balaban J connectivity index is 2.31. The van der Waals surface area contributed by atoms with E-state index in [1.165, 1.54) is 13.2 Å². The van der Waals surface area contributed by atoms with Gasteiger partial charge in [0.2, 0.25) is 0 Å². The average Bonchev–Trinajstić information content (AvgIpc) is 2.37. The zero-order valence-electron chi connectivity index (χ0n) is 10.6. The van der Waals surface area contributed by atoms with Crippen LogP contribution in [0.2, 0.25) is 0 Å². The van der Waals surface area contributed by atoms with Gasteiger partial charge in [0.05, 0.1) is 0 Å². The number of primary amides is 1. The molecule has 6 heteroatoms. The summed E-state index contributed by atoms with van der Waals surface area (Å²) in [4.78, 5) is 11.0. The van der Waals surface area contributed by atoms with E-state index < -0.39 is 24.1 Å². The predicted molar refractivity (Wildman–Crippen MR) is 64.9 cm³/mol. The number of hydrogen-bond acceptors (Lipinski definition) is 4. The van der Waals surface area contributed by atoms with Crippen molar-refractivity contribution in [1.29, 1.82) is 0 Å². The molecule has 0 spiro atoms. The lowest BCUT2D eigenvalue weighted by atomic mass is 9.87. The molecule has 0 heterocycles. The number of aryl methyl sites for hydroxylation is 1. The Morgan fingerprint density at radius 3 is 3.00 bits per heavy atom. The molecule has 2 atom stereocenters. The molecule has 0 saturated carbocycles. The van der Waals surface area contributed by atoms with E-state index in [0.29, 0.717) is 18.4 Å². The number of nitrogens with two attached hydrogens (primary N) is 1. The molecule has 1 aromatic carbocycles. The number of halogens is 1. The van der Waals surface area contributed by atoms with Crippen LogP contribution in [0.5, 0.6) is 0 Å². The highest BCUT2D eigenvalue weighted by molar-refractivity contribution is 5.65. The Kier molecular flexibility index (Phi) is 4.34. The van der Waals surface area contributed by atoms with Gasteiger partial charge in [-0.2, -0.15) is 0 Å². The lowest BCUT2D eigenvalue weighted by Gasteiger charge is -2.32. The van der Waals surface area contributed by atoms with Crippen molar-refractivity contribution in [2.24, 2.45) is 5.73 Å². The molecule has 19 heavy (non-hydrogen) atoms. The lowest BCUT2D eigenvalue weighted by Crippen LogP contribution is -2.34. The number of benzene rings is 1. The van der Waals surface area contributed by atoms with E-state index in [9.17, 15) is 9.18 Å². The molecule has 0 aromatic heterocycles. The number of rotatable bonds is 4. The highest BCUT2D eigenvalue weighted by atomic mass is 19.1. The third-order valence-electron chi connectivity index (χ3n) is 3.11. The van der Waals surface area contributed by atoms with Gasteiger partial charge in [-0.3, -0.25) is 0 Å². The molecule has 0 fully saturated rings. The van der Waals surface area contributed by atoms with Crippen LogP contribution in [0.3, 0.4) is 0 Å². The summed E-state index contributed by atoms with van der Waals surface area (Å²) in [5.41, 5.74) is 6.20. The molecule has 5 nitrogen and oxygen atoms in total. The summed E-state index contributed by atoms with van der Waals surface area (Å²) in [6, 6.07) is 4.77. The summed E-state index contributed by atoms with van der Waals surface area (Å²) in [5, 5.41) is 0. The Labute approximate surface area is 110 Å². The molecule has 0 unspecified atom stereocenters. The van der Waals surface area contributed by atoms with Gasteiger partial charge in [-0.25, -0.2) is 9.18 Å². The molecule has 1 aliphatic rings. The fourth-order valence-corrected chi connectivity index (χ4v) is 2.34. The molecule has 1 amide bonds. The monoisotopic (exact) mass is 269 g/mol. The van der Waals surface area contributed by atoms with Gasteiger partial charge in [0.25, 0.3) is 0 Å². The van der Waals surface area contributed by atoms with E-state index in [4.69, 9.17) is 19.9 Å². The number of ether oxygens (including phenoxy) is 3. The molecule has 0 radical (unpaired) electrons. The van der Waals surface area contributed by atoms with Gasteiger partial charge in [0.1, 0.15) is 18.7 Å². The van der Waals surface area contributed by atoms with Crippen molar-refractivity contribution in [2.75, 3.05) is 13.9 Å². The maximum atomic E-state index is 13.9. The maximum absolute atomic E-state index is 13.9. The third-order valence-corrected chi connectivity index (χ3v) is 3.11. The summed E-state index contributed by atoms with van der Waals surface area (Å²) in [6.07, 6.45) is -0.987. The number of methoxy groups -OCH3 is 1. The highest BCUT2D eigenvalue weighted by Gasteiger charge is 2.35. The fraction of sp³-hybridized carbons (Fsp3) is 0.462. The van der Waals surface area contributed by atoms with Crippen molar-refractivity contribution < 1.29 is 23.4 Å². The van der Waals surface area contributed by atoms with Crippen molar-refractivity contribution in [1.82, 2.24) is 0 Å². The summed E-state index contributed by atoms with van der Waals surface area (Å²) in [6.45, 7) is 0.0487. The molecule has 0 saturated heterocycles. The SMILES string of the molecule is COCO[C@@H]1CCc2cccc(F)c2[C@@H]1OC(N)=O. The van der Waals surface area contributed by atoms with E-state index in [1.54, 1.807) is 6.07 Å². The third kappa shape index (κ3) is 3.02. The minimum atomic E-state index is -0.952. The van der Waals surface area contributed by atoms with Crippen molar-refractivity contribution in [3.63, 3.8) is 0 Å². The first-order valence-corrected chi connectivity index (χ1v) is 5.97. The molecule has 0 aliphatic heterocycles. The lowest BCUT2D eigenvalue weighted by molar-refractivity contribution is -0.120. The Morgan fingerprint density at radius 1 is 1.53 bits per heavy atom. The Morgan fingerprint density at radius 2 is 2.32 bits per heavy atom. The van der Waals surface area contributed by atoms with Gasteiger partial charge in [-0.05, 0) is 24.5 Å². The maximum Gasteiger partial charge on any atom is 0.405 e. The number of carbonyl (C=O) groups excluding carboxylic acids is 1. The van der Waals surface area contributed by atoms with Crippen LogP contribution in [0, 0.1) is 5.82 Å². The minimum Gasteiger partial charge on any atom is -0.439 e. The second-order valence-electron chi connectivity index (χ2n) is 4.32. The van der Waals surface area contributed by atoms with Gasteiger partial charge < -0.3 is 19.9 Å². The van der Waals surface area contributed by atoms with E-state index >= 15 is 0 Å². The number of carbonyl (C=O) groups is 1. The molecular weight excluding hydrogens is 253 g/mol. The predicted octanol–water partition coefficient (Wildman–Crippen LogP) is 1.90. The Hall–Kier alpha value is -1.66. The smallest absolute Gasteiger partial charge is 0.405 e. The zero-order valence-corrected chi connectivity index (χ0v) is 10.6. The molecule has 2 rings (SSSR count). The van der Waals surface area contributed by atoms with Gasteiger partial charge >= 0.3 is 6.09 Å². The second-order valence-corrected chi connectivity index (χ2v) is 4.32. The normalized spacial score (nSPS) is 21.8. The first-order chi connectivity index (χ1) is 9.13. The standard InChI is InChI=1S/C13H16FNO4/c1-17-7-18-10-6-5-8-3-2-4-9(14)11(8)12(10)19-13(15)16/h2-4,10,12H,5-7H2,1H3,(H2,15,16)/t10-,12-/m1/s1. The van der Waals surface area contributed by atoms with E-state index in [2.05, 4.69) is 0 Å². The van der Waals surface area contributed by atoms with Crippen LogP contribution in [0.1, 0.15) is 23.7 Å². The molecule has 2 N–H and O–H groups in total. The Bertz CT molecular complexity index is 466. The van der Waals surface area contributed by atoms with Crippen LogP contribution in [-0.2, 0) is 20.6 Å². The van der Waals surface area contributed by atoms with Crippen LogP contribution in [0.25, 0.3) is 0 Å². The zero-order chi connectivity index (χ0) is 13.8. The summed E-state index contributed by atoms with van der Waals surface area (Å²) in [7, 11) is 1.49. The van der Waals surface area contributed by atoms with Crippen LogP contribution < -0.4 is 5.73 Å². The number of amides is 1. The molecule has 1 aliphatic carbocycles. The van der Waals surface area contributed by atoms with E-state index in [-0.39, 0.29) is 6.79 Å². The van der Waals surface area contributed by atoms with Crippen molar-refractivity contribution in [3.8, 4) is 0 Å². The average molecular weight is 269 g/mol. The van der Waals surface area contributed by atoms with E-state index in [0.717, 1.165) is 5.56 Å². The summed E-state index contributed by atoms with van der Waals surface area (Å²) < 4.78 is 29.2. The first-order valence-electron chi connectivity index (χ1n) is 5.97. The molecule has 1 aromatic rings. The van der Waals surface area contributed by atoms with Crippen LogP contribution in [0.4, 0.5) is 9.18 Å². The summed E-state index contributed by atoms with van der Waals surface area (Å²) >= 11 is 0. The van der Waals surface area contributed by atoms with Gasteiger partial charge in [-0.15, -0.1) is 0 Å². The topological polar surface area (TPSA) is 70.8 Å². The second kappa shape index (κ2) is 5.99. The van der Waals surface area contributed by atoms with Gasteiger partial charge in [0, 0.05) is 12.7 Å². The molecular formula is C13H16FNO4. The number of fused-ring (bicyclic) bond motifs is 1. The van der Waals surface area contributed by atoms with Crippen LogP contribution >= 0.6 is 0 Å². The number of hydrogen-bond donors (Lipinski definition) is 1. The highest BCUT2D eigenvalue weighted by Crippen LogP contribution is 2.36. The van der Waals surface area contributed by atoms with Crippen LogP contribution in [-0.4, -0.2) is 26.1 Å². The van der Waals surface area contributed by atoms with Crippen LogP contribution in [0.15, 0.2) is 18.2 Å². The first kappa shape index (κ1) is 13.8.